The van der Waals surface area contributed by atoms with E-state index in [1.807, 2.05) is 27.9 Å². The molecule has 1 N–H and O–H groups in total. The highest BCUT2D eigenvalue weighted by Crippen LogP contribution is 1.97. The fourth-order valence-corrected chi connectivity index (χ4v) is 0.599. The zero-order valence-corrected chi connectivity index (χ0v) is 8.22. The van der Waals surface area contributed by atoms with Crippen LogP contribution in [0, 0.1) is 0 Å². The van der Waals surface area contributed by atoms with E-state index in [4.69, 9.17) is 5.11 Å². The molecule has 0 amide bonds. The average molecular weight is 159 g/mol. The third-order valence-corrected chi connectivity index (χ3v) is 1.07. The fourth-order valence-electron chi connectivity index (χ4n) is 0.599. The fraction of sp³-hybridized carbons (Fsp3) is 0.778. The lowest BCUT2D eigenvalue weighted by atomic mass is 10.3. The van der Waals surface area contributed by atoms with Crippen LogP contribution in [-0.4, -0.2) is 30.6 Å². The van der Waals surface area contributed by atoms with Crippen molar-refractivity contribution in [3.05, 3.63) is 12.3 Å². The van der Waals surface area contributed by atoms with Crippen LogP contribution in [0.5, 0.6) is 0 Å². The van der Waals surface area contributed by atoms with Gasteiger partial charge in [-0.15, -0.1) is 0 Å². The molecule has 11 heavy (non-hydrogen) atoms. The first-order chi connectivity index (χ1) is 5.13. The summed E-state index contributed by atoms with van der Waals surface area (Å²) in [7, 11) is 4.03. The molecule has 0 aliphatic heterocycles. The van der Waals surface area contributed by atoms with Crippen LogP contribution in [0.4, 0.5) is 0 Å². The zero-order valence-electron chi connectivity index (χ0n) is 8.22. The van der Waals surface area contributed by atoms with Crippen molar-refractivity contribution in [1.29, 1.82) is 0 Å². The van der Waals surface area contributed by atoms with Crippen LogP contribution in [0.2, 0.25) is 0 Å². The van der Waals surface area contributed by atoms with Crippen LogP contribution < -0.4 is 0 Å². The highest BCUT2D eigenvalue weighted by Gasteiger charge is 1.91. The number of aliphatic hydroxyl groups excluding tert-OH is 1. The summed E-state index contributed by atoms with van der Waals surface area (Å²) >= 11 is 0. The predicted octanol–water partition coefficient (Wildman–Crippen LogP) is 2.43. The maximum absolute atomic E-state index is 8.65. The van der Waals surface area contributed by atoms with Gasteiger partial charge in [0.25, 0.3) is 0 Å². The highest BCUT2D eigenvalue weighted by molar-refractivity contribution is 4.77. The Morgan fingerprint density at radius 2 is 1.82 bits per heavy atom. The molecule has 0 aromatic carbocycles. The Hall–Kier alpha value is -0.500. The summed E-state index contributed by atoms with van der Waals surface area (Å²) in [6.07, 6.45) is 1.71. The van der Waals surface area contributed by atoms with Crippen LogP contribution in [-0.2, 0) is 0 Å². The van der Waals surface area contributed by atoms with Gasteiger partial charge in [-0.2, -0.15) is 0 Å². The number of rotatable bonds is 4. The summed E-state index contributed by atoms with van der Waals surface area (Å²) in [5.41, 5.74) is 0. The van der Waals surface area contributed by atoms with Crippen molar-refractivity contribution in [2.75, 3.05) is 20.6 Å². The molecule has 0 aliphatic carbocycles. The SMILES string of the molecule is C=C(O)CCCN(C)C.CC. The third-order valence-electron chi connectivity index (χ3n) is 1.07. The maximum Gasteiger partial charge on any atom is 0.0851 e. The molecule has 0 saturated carbocycles. The minimum atomic E-state index is 0.289. The minimum Gasteiger partial charge on any atom is -0.513 e. The first-order valence-electron chi connectivity index (χ1n) is 4.14. The van der Waals surface area contributed by atoms with Gasteiger partial charge >= 0.3 is 0 Å². The Morgan fingerprint density at radius 3 is 2.09 bits per heavy atom. The molecular formula is C9H21NO. The van der Waals surface area contributed by atoms with E-state index in [1.54, 1.807) is 0 Å². The standard InChI is InChI=1S/C7H15NO.C2H6/c1-7(9)5-4-6-8(2)3;1-2/h9H,1,4-6H2,2-3H3;1-2H3. The first-order valence-corrected chi connectivity index (χ1v) is 4.14. The average Bonchev–Trinajstić information content (AvgIpc) is 1.90. The summed E-state index contributed by atoms with van der Waals surface area (Å²) in [4.78, 5) is 2.09. The molecule has 0 saturated heterocycles. The van der Waals surface area contributed by atoms with E-state index in [0.717, 1.165) is 19.4 Å². The van der Waals surface area contributed by atoms with Crippen molar-refractivity contribution >= 4 is 0 Å². The molecule has 0 spiro atoms. The molecule has 0 unspecified atom stereocenters. The molecule has 2 heteroatoms. The van der Waals surface area contributed by atoms with Gasteiger partial charge in [-0.05, 0) is 27.1 Å². The number of nitrogens with zero attached hydrogens (tertiary/aromatic N) is 1. The molecule has 0 radical (unpaired) electrons. The Bertz CT molecular complexity index is 89.6. The summed E-state index contributed by atoms with van der Waals surface area (Å²) < 4.78 is 0. The molecule has 2 nitrogen and oxygen atoms in total. The highest BCUT2D eigenvalue weighted by atomic mass is 16.3. The lowest BCUT2D eigenvalue weighted by Gasteiger charge is -2.07. The second-order valence-corrected chi connectivity index (χ2v) is 2.47. The van der Waals surface area contributed by atoms with Gasteiger partial charge in [0.15, 0.2) is 0 Å². The normalized spacial score (nSPS) is 8.82. The summed E-state index contributed by atoms with van der Waals surface area (Å²) in [6, 6.07) is 0. The van der Waals surface area contributed by atoms with Gasteiger partial charge in [0.1, 0.15) is 0 Å². The summed E-state index contributed by atoms with van der Waals surface area (Å²) in [6.45, 7) is 8.40. The van der Waals surface area contributed by atoms with E-state index in [0.29, 0.717) is 0 Å². The quantitative estimate of drug-likeness (QED) is 0.637. The van der Waals surface area contributed by atoms with E-state index >= 15 is 0 Å². The van der Waals surface area contributed by atoms with Crippen LogP contribution in [0.1, 0.15) is 26.7 Å². The second kappa shape index (κ2) is 9.50. The molecule has 0 aromatic heterocycles. The van der Waals surface area contributed by atoms with Crippen molar-refractivity contribution < 1.29 is 5.11 Å². The lowest BCUT2D eigenvalue weighted by Crippen LogP contribution is -2.12. The molecule has 0 fully saturated rings. The van der Waals surface area contributed by atoms with Crippen LogP contribution in [0.25, 0.3) is 0 Å². The topological polar surface area (TPSA) is 23.5 Å². The summed E-state index contributed by atoms with van der Waals surface area (Å²) in [5.74, 6) is 0.289. The number of allylic oxidation sites excluding steroid dienone is 1. The van der Waals surface area contributed by atoms with Gasteiger partial charge in [-0.3, -0.25) is 0 Å². The van der Waals surface area contributed by atoms with Gasteiger partial charge in [0.2, 0.25) is 0 Å². The molecule has 0 atom stereocenters. The predicted molar refractivity (Wildman–Crippen MR) is 50.9 cm³/mol. The van der Waals surface area contributed by atoms with Crippen molar-refractivity contribution in [1.82, 2.24) is 4.90 Å². The summed E-state index contributed by atoms with van der Waals surface area (Å²) in [5, 5.41) is 8.65. The van der Waals surface area contributed by atoms with Crippen LogP contribution >= 0.6 is 0 Å². The first kappa shape index (κ1) is 13.1. The Labute approximate surface area is 70.5 Å². The Kier molecular flexibility index (Phi) is 11.3. The van der Waals surface area contributed by atoms with Gasteiger partial charge in [0, 0.05) is 6.42 Å². The zero-order chi connectivity index (χ0) is 9.28. The van der Waals surface area contributed by atoms with E-state index < -0.39 is 0 Å². The molecule has 0 heterocycles. The Morgan fingerprint density at radius 1 is 1.36 bits per heavy atom. The monoisotopic (exact) mass is 159 g/mol. The number of hydrogen-bond donors (Lipinski definition) is 1. The van der Waals surface area contributed by atoms with Crippen molar-refractivity contribution in [2.45, 2.75) is 26.7 Å². The molecular weight excluding hydrogens is 138 g/mol. The van der Waals surface area contributed by atoms with E-state index in [9.17, 15) is 0 Å². The van der Waals surface area contributed by atoms with Crippen molar-refractivity contribution in [3.8, 4) is 0 Å². The van der Waals surface area contributed by atoms with Gasteiger partial charge in [-0.1, -0.05) is 20.4 Å². The van der Waals surface area contributed by atoms with Crippen LogP contribution in [0.15, 0.2) is 12.3 Å². The number of aliphatic hydroxyl groups is 1. The largest absolute Gasteiger partial charge is 0.513 e. The minimum absolute atomic E-state index is 0.289. The van der Waals surface area contributed by atoms with E-state index in [2.05, 4.69) is 11.5 Å². The molecule has 0 rings (SSSR count). The third kappa shape index (κ3) is 17.7. The molecule has 0 bridgehead atoms. The Balaban J connectivity index is 0. The smallest absolute Gasteiger partial charge is 0.0851 e. The lowest BCUT2D eigenvalue weighted by molar-refractivity contribution is 0.354. The van der Waals surface area contributed by atoms with Crippen LogP contribution in [0.3, 0.4) is 0 Å². The molecule has 0 aromatic rings. The van der Waals surface area contributed by atoms with Crippen molar-refractivity contribution in [2.24, 2.45) is 0 Å². The molecule has 68 valence electrons. The number of hydrogen-bond acceptors (Lipinski definition) is 2. The van der Waals surface area contributed by atoms with Crippen molar-refractivity contribution in [3.63, 3.8) is 0 Å². The maximum atomic E-state index is 8.65. The van der Waals surface area contributed by atoms with Gasteiger partial charge < -0.3 is 10.0 Å². The van der Waals surface area contributed by atoms with E-state index in [-0.39, 0.29) is 5.76 Å². The van der Waals surface area contributed by atoms with Gasteiger partial charge in [-0.25, -0.2) is 0 Å². The second-order valence-electron chi connectivity index (χ2n) is 2.47. The van der Waals surface area contributed by atoms with Gasteiger partial charge in [0.05, 0.1) is 5.76 Å². The van der Waals surface area contributed by atoms with E-state index in [1.165, 1.54) is 0 Å². The molecule has 0 aliphatic rings.